The van der Waals surface area contributed by atoms with Gasteiger partial charge in [-0.1, -0.05) is 57.5 Å². The van der Waals surface area contributed by atoms with Gasteiger partial charge >= 0.3 is 12.1 Å². The van der Waals surface area contributed by atoms with Gasteiger partial charge in [-0.3, -0.25) is 14.4 Å². The van der Waals surface area contributed by atoms with Gasteiger partial charge in [-0.25, -0.2) is 4.79 Å². The van der Waals surface area contributed by atoms with Gasteiger partial charge in [0, 0.05) is 6.42 Å². The Hall–Kier alpha value is -3.43. The van der Waals surface area contributed by atoms with Crippen molar-refractivity contribution in [3.05, 3.63) is 35.9 Å². The van der Waals surface area contributed by atoms with E-state index in [1.807, 2.05) is 39.0 Å². The summed E-state index contributed by atoms with van der Waals surface area (Å²) in [5, 5.41) is 7.85. The highest BCUT2D eigenvalue weighted by molar-refractivity contribution is 5.92. The molecular weight excluding hydrogens is 490 g/mol. The first kappa shape index (κ1) is 32.6. The molecule has 0 spiro atoms. The van der Waals surface area contributed by atoms with Crippen LogP contribution in [0.4, 0.5) is 4.79 Å². The number of nitrogens with one attached hydrogen (secondary N) is 3. The molecule has 3 amide bonds. The number of hydrogen-bond donors (Lipinski definition) is 3. The molecule has 0 aliphatic rings. The molecule has 0 aromatic heterocycles. The van der Waals surface area contributed by atoms with Gasteiger partial charge in [-0.15, -0.1) is 0 Å². The lowest BCUT2D eigenvalue weighted by atomic mass is 10.0. The SMILES string of the molecule is CCC[C@@H](C=O)NC(=O)[C@H](CC(C)C)NC(=O)[C@H](CCC(=O)OC(C)(C)C)NC(=O)OCc1ccccc1. The van der Waals surface area contributed by atoms with E-state index in [1.54, 1.807) is 32.9 Å². The standard InChI is InChI=1S/C28H43N3O7/c1-7-11-21(17-32)29-26(35)23(16-19(2)3)30-25(34)22(14-15-24(33)38-28(4,5)6)31-27(36)37-18-20-12-9-8-10-13-20/h8-10,12-13,17,19,21-23H,7,11,14-16,18H2,1-6H3,(H,29,35)(H,30,34)(H,31,36)/t21-,22-,23-/m0/s1. The van der Waals surface area contributed by atoms with E-state index < -0.39 is 47.6 Å². The summed E-state index contributed by atoms with van der Waals surface area (Å²) in [6.07, 6.45) is 1.11. The molecule has 0 aliphatic carbocycles. The molecule has 0 bridgehead atoms. The van der Waals surface area contributed by atoms with Crippen molar-refractivity contribution in [1.29, 1.82) is 0 Å². The third kappa shape index (κ3) is 13.8. The topological polar surface area (TPSA) is 140 Å². The zero-order valence-corrected chi connectivity index (χ0v) is 23.4. The molecule has 3 N–H and O–H groups in total. The van der Waals surface area contributed by atoms with E-state index in [0.717, 1.165) is 5.56 Å². The minimum absolute atomic E-state index is 0.00400. The van der Waals surface area contributed by atoms with Crippen molar-refractivity contribution in [3.63, 3.8) is 0 Å². The number of hydrogen-bond acceptors (Lipinski definition) is 7. The molecule has 0 saturated heterocycles. The zero-order valence-electron chi connectivity index (χ0n) is 23.4. The number of amides is 3. The van der Waals surface area contributed by atoms with Crippen molar-refractivity contribution in [2.75, 3.05) is 0 Å². The second kappa shape index (κ2) is 16.4. The van der Waals surface area contributed by atoms with E-state index >= 15 is 0 Å². The monoisotopic (exact) mass is 533 g/mol. The minimum Gasteiger partial charge on any atom is -0.460 e. The first-order chi connectivity index (χ1) is 17.8. The van der Waals surface area contributed by atoms with E-state index in [0.29, 0.717) is 25.5 Å². The lowest BCUT2D eigenvalue weighted by Crippen LogP contribution is -2.55. The maximum absolute atomic E-state index is 13.2. The second-order valence-corrected chi connectivity index (χ2v) is 10.6. The summed E-state index contributed by atoms with van der Waals surface area (Å²) in [6, 6.07) is 6.28. The summed E-state index contributed by atoms with van der Waals surface area (Å²) in [6.45, 7) is 10.9. The number of aldehydes is 1. The summed E-state index contributed by atoms with van der Waals surface area (Å²) in [4.78, 5) is 62.3. The fraction of sp³-hybridized carbons (Fsp3) is 0.607. The van der Waals surface area contributed by atoms with Gasteiger partial charge < -0.3 is 30.2 Å². The van der Waals surface area contributed by atoms with Gasteiger partial charge in [0.15, 0.2) is 0 Å². The average Bonchev–Trinajstić information content (AvgIpc) is 2.83. The molecule has 10 nitrogen and oxygen atoms in total. The van der Waals surface area contributed by atoms with E-state index in [2.05, 4.69) is 16.0 Å². The summed E-state index contributed by atoms with van der Waals surface area (Å²) in [5.74, 6) is -1.62. The zero-order chi connectivity index (χ0) is 28.7. The number of alkyl carbamates (subject to hydrolysis) is 1. The van der Waals surface area contributed by atoms with Crippen LogP contribution in [-0.4, -0.2) is 53.9 Å². The smallest absolute Gasteiger partial charge is 0.408 e. The highest BCUT2D eigenvalue weighted by Gasteiger charge is 2.29. The normalized spacial score (nSPS) is 13.6. The molecule has 0 fully saturated rings. The Morgan fingerprint density at radius 3 is 2.11 bits per heavy atom. The number of ether oxygens (including phenoxy) is 2. The highest BCUT2D eigenvalue weighted by Crippen LogP contribution is 2.12. The fourth-order valence-corrected chi connectivity index (χ4v) is 3.57. The molecule has 3 atom stereocenters. The van der Waals surface area contributed by atoms with Crippen molar-refractivity contribution in [2.45, 2.75) is 104 Å². The van der Waals surface area contributed by atoms with E-state index in [4.69, 9.17) is 9.47 Å². The van der Waals surface area contributed by atoms with Crippen LogP contribution in [0.2, 0.25) is 0 Å². The molecule has 0 unspecified atom stereocenters. The van der Waals surface area contributed by atoms with Crippen LogP contribution in [0.25, 0.3) is 0 Å². The van der Waals surface area contributed by atoms with Crippen LogP contribution < -0.4 is 16.0 Å². The first-order valence-electron chi connectivity index (χ1n) is 13.1. The molecule has 10 heteroatoms. The Labute approximate surface area is 225 Å². The fourth-order valence-electron chi connectivity index (χ4n) is 3.57. The molecule has 0 radical (unpaired) electrons. The molecule has 1 rings (SSSR count). The third-order valence-electron chi connectivity index (χ3n) is 5.31. The summed E-state index contributed by atoms with van der Waals surface area (Å²) < 4.78 is 10.6. The molecule has 1 aromatic rings. The van der Waals surface area contributed by atoms with Crippen molar-refractivity contribution >= 4 is 30.2 Å². The Balaban J connectivity index is 2.97. The highest BCUT2D eigenvalue weighted by atomic mass is 16.6. The second-order valence-electron chi connectivity index (χ2n) is 10.6. The molecule has 1 aromatic carbocycles. The van der Waals surface area contributed by atoms with E-state index in [1.165, 1.54) is 0 Å². The number of esters is 1. The van der Waals surface area contributed by atoms with Crippen LogP contribution in [0.1, 0.15) is 79.2 Å². The third-order valence-corrected chi connectivity index (χ3v) is 5.31. The van der Waals surface area contributed by atoms with Crippen LogP contribution in [0.5, 0.6) is 0 Å². The Bertz CT molecular complexity index is 913. The lowest BCUT2D eigenvalue weighted by Gasteiger charge is -2.25. The molecule has 0 saturated carbocycles. The molecule has 0 aliphatic heterocycles. The predicted octanol–water partition coefficient (Wildman–Crippen LogP) is 3.42. The summed E-state index contributed by atoms with van der Waals surface area (Å²) in [7, 11) is 0. The maximum Gasteiger partial charge on any atom is 0.408 e. The number of carbonyl (C=O) groups excluding carboxylic acids is 5. The Morgan fingerprint density at radius 2 is 1.55 bits per heavy atom. The molecule has 0 heterocycles. The number of benzene rings is 1. The van der Waals surface area contributed by atoms with Crippen molar-refractivity contribution in [3.8, 4) is 0 Å². The van der Waals surface area contributed by atoms with Crippen LogP contribution in [-0.2, 0) is 35.3 Å². The molecular formula is C28H43N3O7. The Morgan fingerprint density at radius 1 is 0.921 bits per heavy atom. The van der Waals surface area contributed by atoms with Crippen LogP contribution in [0.15, 0.2) is 30.3 Å². The van der Waals surface area contributed by atoms with Crippen molar-refractivity contribution in [1.82, 2.24) is 16.0 Å². The van der Waals surface area contributed by atoms with Crippen LogP contribution in [0, 0.1) is 5.92 Å². The van der Waals surface area contributed by atoms with Gasteiger partial charge in [-0.2, -0.15) is 0 Å². The molecule has 212 valence electrons. The summed E-state index contributed by atoms with van der Waals surface area (Å²) >= 11 is 0. The summed E-state index contributed by atoms with van der Waals surface area (Å²) in [5.41, 5.74) is 0.0631. The van der Waals surface area contributed by atoms with Gasteiger partial charge in [0.2, 0.25) is 11.8 Å². The molecule has 38 heavy (non-hydrogen) atoms. The lowest BCUT2D eigenvalue weighted by molar-refractivity contribution is -0.155. The van der Waals surface area contributed by atoms with Gasteiger partial charge in [-0.05, 0) is 51.5 Å². The predicted molar refractivity (Wildman–Crippen MR) is 143 cm³/mol. The van der Waals surface area contributed by atoms with Crippen molar-refractivity contribution < 1.29 is 33.4 Å². The first-order valence-corrected chi connectivity index (χ1v) is 13.1. The van der Waals surface area contributed by atoms with Gasteiger partial charge in [0.1, 0.15) is 30.6 Å². The largest absolute Gasteiger partial charge is 0.460 e. The van der Waals surface area contributed by atoms with Crippen molar-refractivity contribution in [2.24, 2.45) is 5.92 Å². The van der Waals surface area contributed by atoms with Gasteiger partial charge in [0.25, 0.3) is 0 Å². The maximum atomic E-state index is 13.2. The number of rotatable bonds is 15. The average molecular weight is 534 g/mol. The Kier molecular flexibility index (Phi) is 14.1. The van der Waals surface area contributed by atoms with E-state index in [-0.39, 0.29) is 25.4 Å². The van der Waals surface area contributed by atoms with Crippen LogP contribution in [0.3, 0.4) is 0 Å². The quantitative estimate of drug-likeness (QED) is 0.232. The van der Waals surface area contributed by atoms with Crippen LogP contribution >= 0.6 is 0 Å². The van der Waals surface area contributed by atoms with Gasteiger partial charge in [0.05, 0.1) is 6.04 Å². The van der Waals surface area contributed by atoms with E-state index in [9.17, 15) is 24.0 Å². The number of carbonyl (C=O) groups is 5. The minimum atomic E-state index is -1.16.